The van der Waals surface area contributed by atoms with E-state index in [1.807, 2.05) is 0 Å². The summed E-state index contributed by atoms with van der Waals surface area (Å²) in [7, 11) is 1.29. The molecule has 0 fully saturated rings. The predicted molar refractivity (Wildman–Crippen MR) is 64.4 cm³/mol. The number of hydrogen-bond donors (Lipinski definition) is 0. The topological polar surface area (TPSA) is 63.7 Å². The normalized spacial score (nSPS) is 13.5. The number of benzene rings is 1. The van der Waals surface area contributed by atoms with E-state index < -0.39 is 5.97 Å². The van der Waals surface area contributed by atoms with Gasteiger partial charge in [0.25, 0.3) is 0 Å². The first-order valence-electron chi connectivity index (χ1n) is 5.51. The fourth-order valence-corrected chi connectivity index (χ4v) is 2.16. The lowest BCUT2D eigenvalue weighted by molar-refractivity contribution is -0.124. The molecule has 1 aliphatic rings. The van der Waals surface area contributed by atoms with Crippen LogP contribution in [0.2, 0.25) is 0 Å². The first-order chi connectivity index (χ1) is 8.45. The van der Waals surface area contributed by atoms with E-state index in [1.54, 1.807) is 19.1 Å². The van der Waals surface area contributed by atoms with E-state index in [9.17, 15) is 14.4 Å². The van der Waals surface area contributed by atoms with Crippen LogP contribution in [0.25, 0.3) is 0 Å². The Balaban J connectivity index is 2.58. The molecule has 0 radical (unpaired) electrons. The average Bonchev–Trinajstić information content (AvgIpc) is 2.62. The predicted octanol–water partition coefficient (Wildman–Crippen LogP) is 1.22. The number of aryl methyl sites for hydroxylation is 1. The van der Waals surface area contributed by atoms with Crippen LogP contribution in [0.5, 0.6) is 0 Å². The van der Waals surface area contributed by atoms with Crippen LogP contribution in [0.3, 0.4) is 0 Å². The smallest absolute Gasteiger partial charge is 0.338 e. The Bertz CT molecular complexity index is 562. The summed E-state index contributed by atoms with van der Waals surface area (Å²) in [6.45, 7) is 3.10. The summed E-state index contributed by atoms with van der Waals surface area (Å²) < 4.78 is 4.67. The van der Waals surface area contributed by atoms with Gasteiger partial charge in [-0.05, 0) is 24.1 Å². The molecule has 5 heteroatoms. The first-order valence-corrected chi connectivity index (χ1v) is 5.51. The van der Waals surface area contributed by atoms with Crippen molar-refractivity contribution in [3.8, 4) is 0 Å². The number of esters is 1. The molecule has 0 saturated heterocycles. The van der Waals surface area contributed by atoms with Crippen molar-refractivity contribution in [1.82, 2.24) is 0 Å². The van der Waals surface area contributed by atoms with Crippen LogP contribution < -0.4 is 4.90 Å². The number of amides is 2. The van der Waals surface area contributed by atoms with E-state index in [0.29, 0.717) is 11.3 Å². The van der Waals surface area contributed by atoms with Gasteiger partial charge >= 0.3 is 5.97 Å². The average molecular weight is 247 g/mol. The molecule has 94 valence electrons. The van der Waals surface area contributed by atoms with Crippen molar-refractivity contribution in [3.63, 3.8) is 0 Å². The van der Waals surface area contributed by atoms with Gasteiger partial charge in [-0.15, -0.1) is 0 Å². The van der Waals surface area contributed by atoms with Crippen molar-refractivity contribution in [2.24, 2.45) is 0 Å². The lowest BCUT2D eigenvalue weighted by Gasteiger charge is -2.14. The first kappa shape index (κ1) is 12.3. The number of carbonyl (C=O) groups is 3. The summed E-state index contributed by atoms with van der Waals surface area (Å²) in [4.78, 5) is 35.8. The fraction of sp³-hybridized carbons (Fsp3) is 0.308. The number of nitrogens with zero attached hydrogens (tertiary/aromatic N) is 1. The molecule has 0 unspecified atom stereocenters. The van der Waals surface area contributed by atoms with Crippen molar-refractivity contribution in [2.75, 3.05) is 12.0 Å². The number of fused-ring (bicyclic) bond motifs is 1. The lowest BCUT2D eigenvalue weighted by Crippen LogP contribution is -2.31. The minimum atomic E-state index is -0.474. The van der Waals surface area contributed by atoms with E-state index in [1.165, 1.54) is 14.0 Å². The molecule has 1 aromatic rings. The number of hydrogen-bond acceptors (Lipinski definition) is 4. The molecule has 1 aliphatic heterocycles. The van der Waals surface area contributed by atoms with Gasteiger partial charge < -0.3 is 4.74 Å². The van der Waals surface area contributed by atoms with Gasteiger partial charge in [-0.2, -0.15) is 0 Å². The third-order valence-electron chi connectivity index (χ3n) is 2.98. The van der Waals surface area contributed by atoms with Crippen LogP contribution in [-0.2, 0) is 20.7 Å². The van der Waals surface area contributed by atoms with E-state index in [0.717, 1.165) is 16.0 Å². The minimum Gasteiger partial charge on any atom is -0.465 e. The summed E-state index contributed by atoms with van der Waals surface area (Å²) in [5.74, 6) is -1.09. The number of carbonyl (C=O) groups excluding carboxylic acids is 3. The van der Waals surface area contributed by atoms with Gasteiger partial charge in [0.1, 0.15) is 0 Å². The Hall–Kier alpha value is -2.17. The SMILES string of the molecule is COC(=O)c1cc2c(cc1C)CC(=O)N2C(C)=O. The van der Waals surface area contributed by atoms with Crippen molar-refractivity contribution >= 4 is 23.5 Å². The highest BCUT2D eigenvalue weighted by Crippen LogP contribution is 2.32. The van der Waals surface area contributed by atoms with Crippen LogP contribution in [0, 0.1) is 6.92 Å². The number of imide groups is 1. The van der Waals surface area contributed by atoms with Crippen LogP contribution in [0.15, 0.2) is 12.1 Å². The molecule has 0 aromatic heterocycles. The number of anilines is 1. The highest BCUT2D eigenvalue weighted by Gasteiger charge is 2.31. The van der Waals surface area contributed by atoms with Crippen LogP contribution >= 0.6 is 0 Å². The van der Waals surface area contributed by atoms with Crippen LogP contribution in [0.4, 0.5) is 5.69 Å². The fourth-order valence-electron chi connectivity index (χ4n) is 2.16. The zero-order chi connectivity index (χ0) is 13.4. The molecule has 0 bridgehead atoms. The highest BCUT2D eigenvalue weighted by molar-refractivity contribution is 6.19. The Kier molecular flexibility index (Phi) is 2.90. The molecule has 2 rings (SSSR count). The monoisotopic (exact) mass is 247 g/mol. The molecule has 0 saturated carbocycles. The zero-order valence-corrected chi connectivity index (χ0v) is 10.4. The van der Waals surface area contributed by atoms with Crippen molar-refractivity contribution < 1.29 is 19.1 Å². The zero-order valence-electron chi connectivity index (χ0n) is 10.4. The molecule has 5 nitrogen and oxygen atoms in total. The van der Waals surface area contributed by atoms with E-state index >= 15 is 0 Å². The molecule has 18 heavy (non-hydrogen) atoms. The molecule has 0 atom stereocenters. The maximum Gasteiger partial charge on any atom is 0.338 e. The van der Waals surface area contributed by atoms with E-state index in [4.69, 9.17) is 0 Å². The summed E-state index contributed by atoms with van der Waals surface area (Å²) >= 11 is 0. The summed E-state index contributed by atoms with van der Waals surface area (Å²) in [6, 6.07) is 3.30. The van der Waals surface area contributed by atoms with Gasteiger partial charge in [0, 0.05) is 6.92 Å². The van der Waals surface area contributed by atoms with Crippen molar-refractivity contribution in [1.29, 1.82) is 0 Å². The number of rotatable bonds is 1. The number of methoxy groups -OCH3 is 1. The summed E-state index contributed by atoms with van der Waals surface area (Å²) in [5.41, 5.74) is 2.36. The van der Waals surface area contributed by atoms with E-state index in [2.05, 4.69) is 4.74 Å². The standard InChI is InChI=1S/C13H13NO4/c1-7-4-9-5-12(16)14(8(2)15)11(9)6-10(7)13(17)18-3/h4,6H,5H2,1-3H3. The molecule has 0 aliphatic carbocycles. The van der Waals surface area contributed by atoms with Gasteiger partial charge in [-0.3, -0.25) is 14.5 Å². The second kappa shape index (κ2) is 4.25. The van der Waals surface area contributed by atoms with Crippen molar-refractivity contribution in [2.45, 2.75) is 20.3 Å². The molecule has 1 heterocycles. The molecular formula is C13H13NO4. The molecule has 0 N–H and O–H groups in total. The molecule has 2 amide bonds. The van der Waals surface area contributed by atoms with E-state index in [-0.39, 0.29) is 18.2 Å². The minimum absolute atomic E-state index is 0.192. The van der Waals surface area contributed by atoms with Crippen LogP contribution in [-0.4, -0.2) is 24.9 Å². The third kappa shape index (κ3) is 1.77. The summed E-state index contributed by atoms with van der Waals surface area (Å²) in [5, 5.41) is 0. The quantitative estimate of drug-likeness (QED) is 0.700. The lowest BCUT2D eigenvalue weighted by atomic mass is 10.0. The Morgan fingerprint density at radius 1 is 1.33 bits per heavy atom. The Labute approximate surface area is 104 Å². The van der Waals surface area contributed by atoms with Gasteiger partial charge in [0.2, 0.25) is 11.8 Å². The Morgan fingerprint density at radius 3 is 2.56 bits per heavy atom. The second-order valence-electron chi connectivity index (χ2n) is 4.21. The highest BCUT2D eigenvalue weighted by atomic mass is 16.5. The number of ether oxygens (including phenoxy) is 1. The van der Waals surface area contributed by atoms with Gasteiger partial charge in [-0.1, -0.05) is 6.07 Å². The maximum atomic E-state index is 11.7. The Morgan fingerprint density at radius 2 is 2.00 bits per heavy atom. The van der Waals surface area contributed by atoms with Crippen molar-refractivity contribution in [3.05, 3.63) is 28.8 Å². The molecule has 0 spiro atoms. The second-order valence-corrected chi connectivity index (χ2v) is 4.21. The largest absolute Gasteiger partial charge is 0.465 e. The van der Waals surface area contributed by atoms with Gasteiger partial charge in [0.05, 0.1) is 24.8 Å². The van der Waals surface area contributed by atoms with Gasteiger partial charge in [0.15, 0.2) is 0 Å². The molecular weight excluding hydrogens is 234 g/mol. The van der Waals surface area contributed by atoms with Crippen LogP contribution in [0.1, 0.15) is 28.4 Å². The third-order valence-corrected chi connectivity index (χ3v) is 2.98. The molecule has 1 aromatic carbocycles. The summed E-state index contributed by atoms with van der Waals surface area (Å²) in [6.07, 6.45) is 0.192. The maximum absolute atomic E-state index is 11.7. The van der Waals surface area contributed by atoms with Gasteiger partial charge in [-0.25, -0.2) is 4.79 Å².